The molecule has 1 saturated heterocycles. The zero-order valence-electron chi connectivity index (χ0n) is 14.0. The van der Waals surface area contributed by atoms with Crippen LogP contribution in [0.4, 0.5) is 0 Å². The largest absolute Gasteiger partial charge is 0.340 e. The third-order valence-electron chi connectivity index (χ3n) is 4.51. The van der Waals surface area contributed by atoms with Gasteiger partial charge in [0.05, 0.1) is 0 Å². The van der Waals surface area contributed by atoms with Crippen molar-refractivity contribution in [2.75, 3.05) is 19.6 Å². The molecule has 1 aliphatic rings. The van der Waals surface area contributed by atoms with Gasteiger partial charge in [0.25, 0.3) is 0 Å². The second-order valence-electron chi connectivity index (χ2n) is 6.54. The maximum atomic E-state index is 12.8. The fourth-order valence-corrected chi connectivity index (χ4v) is 3.10. The van der Waals surface area contributed by atoms with Crippen molar-refractivity contribution in [3.05, 3.63) is 0 Å². The van der Waals surface area contributed by atoms with E-state index in [0.29, 0.717) is 17.9 Å². The second kappa shape index (κ2) is 9.38. The van der Waals surface area contributed by atoms with Gasteiger partial charge < -0.3 is 10.2 Å². The summed E-state index contributed by atoms with van der Waals surface area (Å²) in [5, 5.41) is 3.46. The topological polar surface area (TPSA) is 32.3 Å². The van der Waals surface area contributed by atoms with E-state index in [4.69, 9.17) is 0 Å². The smallest absolute Gasteiger partial charge is 0.225 e. The number of nitrogens with zero attached hydrogens (tertiary/aromatic N) is 1. The molecule has 118 valence electrons. The molecule has 1 N–H and O–H groups in total. The molecule has 0 radical (unpaired) electrons. The average Bonchev–Trinajstić information content (AvgIpc) is 2.46. The number of piperidine rings is 1. The average molecular weight is 282 g/mol. The summed E-state index contributed by atoms with van der Waals surface area (Å²) < 4.78 is 0. The first-order valence-electron chi connectivity index (χ1n) is 8.61. The normalized spacial score (nSPS) is 20.9. The van der Waals surface area contributed by atoms with E-state index >= 15 is 0 Å². The zero-order valence-corrected chi connectivity index (χ0v) is 14.0. The quantitative estimate of drug-likeness (QED) is 0.739. The lowest BCUT2D eigenvalue weighted by molar-refractivity contribution is -0.138. The van der Waals surface area contributed by atoms with Crippen LogP contribution in [0.3, 0.4) is 0 Å². The van der Waals surface area contributed by atoms with Gasteiger partial charge in [0, 0.05) is 18.5 Å². The molecule has 0 bridgehead atoms. The lowest BCUT2D eigenvalue weighted by Gasteiger charge is -2.35. The fourth-order valence-electron chi connectivity index (χ4n) is 3.10. The molecule has 3 heteroatoms. The van der Waals surface area contributed by atoms with Crippen molar-refractivity contribution in [1.82, 2.24) is 10.2 Å². The Morgan fingerprint density at radius 1 is 1.35 bits per heavy atom. The van der Waals surface area contributed by atoms with E-state index in [1.165, 1.54) is 25.7 Å². The molecule has 1 amide bonds. The van der Waals surface area contributed by atoms with E-state index in [1.807, 2.05) is 0 Å². The summed E-state index contributed by atoms with van der Waals surface area (Å²) in [7, 11) is 0. The van der Waals surface area contributed by atoms with Gasteiger partial charge in [0.15, 0.2) is 0 Å². The number of carbonyl (C=O) groups excluding carboxylic acids is 1. The van der Waals surface area contributed by atoms with Crippen LogP contribution >= 0.6 is 0 Å². The molecule has 1 heterocycles. The molecule has 0 aromatic heterocycles. The number of amides is 1. The maximum Gasteiger partial charge on any atom is 0.225 e. The van der Waals surface area contributed by atoms with Gasteiger partial charge in [-0.3, -0.25) is 4.79 Å². The molecule has 0 spiro atoms. The lowest BCUT2D eigenvalue weighted by Crippen LogP contribution is -2.46. The number of hydrogen-bond donors (Lipinski definition) is 1. The van der Waals surface area contributed by atoms with E-state index in [1.54, 1.807) is 0 Å². The number of nitrogens with one attached hydrogen (secondary N) is 1. The third kappa shape index (κ3) is 5.43. The van der Waals surface area contributed by atoms with Crippen LogP contribution in [0.1, 0.15) is 66.2 Å². The minimum atomic E-state index is 0.230. The van der Waals surface area contributed by atoms with Gasteiger partial charge in [0.1, 0.15) is 0 Å². The van der Waals surface area contributed by atoms with Crippen molar-refractivity contribution in [3.63, 3.8) is 0 Å². The Kier molecular flexibility index (Phi) is 8.20. The molecule has 1 fully saturated rings. The number of unbranched alkanes of at least 4 members (excludes halogenated alkanes) is 1. The van der Waals surface area contributed by atoms with Crippen molar-refractivity contribution >= 4 is 5.91 Å². The molecule has 1 rings (SSSR count). The lowest BCUT2D eigenvalue weighted by atomic mass is 9.94. The second-order valence-corrected chi connectivity index (χ2v) is 6.54. The third-order valence-corrected chi connectivity index (χ3v) is 4.51. The molecule has 2 unspecified atom stereocenters. The molecular weight excluding hydrogens is 248 g/mol. The number of rotatable bonds is 8. The fraction of sp³-hybridized carbons (Fsp3) is 0.941. The summed E-state index contributed by atoms with van der Waals surface area (Å²) in [6.45, 7) is 11.8. The Balaban J connectivity index is 2.60. The van der Waals surface area contributed by atoms with Crippen molar-refractivity contribution in [2.45, 2.75) is 72.3 Å². The van der Waals surface area contributed by atoms with Crippen LogP contribution in [0.5, 0.6) is 0 Å². The molecule has 0 aromatic rings. The van der Waals surface area contributed by atoms with Crippen LogP contribution in [0, 0.1) is 11.8 Å². The van der Waals surface area contributed by atoms with Gasteiger partial charge in [-0.1, -0.05) is 26.7 Å². The SMILES string of the molecule is CCCCC(CC)C(=O)N(CC1CCCNC1)C(C)C. The summed E-state index contributed by atoms with van der Waals surface area (Å²) in [6.07, 6.45) is 6.88. The van der Waals surface area contributed by atoms with E-state index in [9.17, 15) is 4.79 Å². The van der Waals surface area contributed by atoms with Crippen LogP contribution in [0.25, 0.3) is 0 Å². The Morgan fingerprint density at radius 3 is 2.60 bits per heavy atom. The first kappa shape index (κ1) is 17.5. The molecule has 0 saturated carbocycles. The molecule has 20 heavy (non-hydrogen) atoms. The predicted octanol–water partition coefficient (Wildman–Crippen LogP) is 3.44. The summed E-state index contributed by atoms with van der Waals surface area (Å²) in [5.74, 6) is 1.26. The summed E-state index contributed by atoms with van der Waals surface area (Å²) in [4.78, 5) is 14.9. The van der Waals surface area contributed by atoms with E-state index < -0.39 is 0 Å². The standard InChI is InChI=1S/C17H34N2O/c1-5-7-10-16(6-2)17(20)19(14(3)4)13-15-9-8-11-18-12-15/h14-16,18H,5-13H2,1-4H3. The van der Waals surface area contributed by atoms with E-state index in [0.717, 1.165) is 32.5 Å². The highest BCUT2D eigenvalue weighted by atomic mass is 16.2. The van der Waals surface area contributed by atoms with Crippen molar-refractivity contribution in [2.24, 2.45) is 11.8 Å². The molecule has 3 nitrogen and oxygen atoms in total. The molecule has 1 aliphatic heterocycles. The van der Waals surface area contributed by atoms with Gasteiger partial charge in [-0.25, -0.2) is 0 Å². The Labute approximate surface area is 125 Å². The van der Waals surface area contributed by atoms with Crippen molar-refractivity contribution in [1.29, 1.82) is 0 Å². The highest BCUT2D eigenvalue weighted by Gasteiger charge is 2.27. The van der Waals surface area contributed by atoms with Crippen LogP contribution in [-0.2, 0) is 4.79 Å². The number of hydrogen-bond acceptors (Lipinski definition) is 2. The predicted molar refractivity (Wildman–Crippen MR) is 85.7 cm³/mol. The summed E-state index contributed by atoms with van der Waals surface area (Å²) >= 11 is 0. The van der Waals surface area contributed by atoms with Crippen LogP contribution in [0.2, 0.25) is 0 Å². The summed E-state index contributed by atoms with van der Waals surface area (Å²) in [5.41, 5.74) is 0. The zero-order chi connectivity index (χ0) is 15.0. The maximum absolute atomic E-state index is 12.8. The number of carbonyl (C=O) groups is 1. The first-order valence-corrected chi connectivity index (χ1v) is 8.61. The monoisotopic (exact) mass is 282 g/mol. The highest BCUT2D eigenvalue weighted by molar-refractivity contribution is 5.79. The van der Waals surface area contributed by atoms with Crippen LogP contribution in [0.15, 0.2) is 0 Å². The van der Waals surface area contributed by atoms with Gasteiger partial charge in [-0.15, -0.1) is 0 Å². The molecule has 0 aliphatic carbocycles. The summed E-state index contributed by atoms with van der Waals surface area (Å²) in [6, 6.07) is 0.320. The van der Waals surface area contributed by atoms with Crippen LogP contribution in [-0.4, -0.2) is 36.5 Å². The van der Waals surface area contributed by atoms with Gasteiger partial charge in [0.2, 0.25) is 5.91 Å². The van der Waals surface area contributed by atoms with Gasteiger partial charge in [-0.05, 0) is 58.5 Å². The minimum absolute atomic E-state index is 0.230. The highest BCUT2D eigenvalue weighted by Crippen LogP contribution is 2.20. The molecule has 0 aromatic carbocycles. The minimum Gasteiger partial charge on any atom is -0.340 e. The molecule has 2 atom stereocenters. The van der Waals surface area contributed by atoms with Gasteiger partial charge >= 0.3 is 0 Å². The van der Waals surface area contributed by atoms with Crippen LogP contribution < -0.4 is 5.32 Å². The van der Waals surface area contributed by atoms with E-state index in [-0.39, 0.29) is 5.92 Å². The molecular formula is C17H34N2O. The Bertz CT molecular complexity index is 272. The van der Waals surface area contributed by atoms with Gasteiger partial charge in [-0.2, -0.15) is 0 Å². The van der Waals surface area contributed by atoms with Crippen molar-refractivity contribution in [3.8, 4) is 0 Å². The Hall–Kier alpha value is -0.570. The van der Waals surface area contributed by atoms with E-state index in [2.05, 4.69) is 37.9 Å². The first-order chi connectivity index (χ1) is 9.60. The van der Waals surface area contributed by atoms with Crippen molar-refractivity contribution < 1.29 is 4.79 Å². The Morgan fingerprint density at radius 2 is 2.10 bits per heavy atom.